The van der Waals surface area contributed by atoms with Crippen LogP contribution in [0.4, 0.5) is 4.79 Å². The fourth-order valence-corrected chi connectivity index (χ4v) is 2.49. The molecule has 0 N–H and O–H groups in total. The quantitative estimate of drug-likeness (QED) is 0.540. The summed E-state index contributed by atoms with van der Waals surface area (Å²) in [5.74, 6) is 0.192. The minimum atomic E-state index is -0.272. The van der Waals surface area contributed by atoms with Crippen molar-refractivity contribution in [3.05, 3.63) is 35.4 Å². The average Bonchev–Trinajstić information content (AvgIpc) is 2.89. The van der Waals surface area contributed by atoms with Crippen molar-refractivity contribution < 1.29 is 14.3 Å². The molecular formula is C17H23NO3. The van der Waals surface area contributed by atoms with Crippen molar-refractivity contribution in [2.45, 2.75) is 45.6 Å². The minimum Gasteiger partial charge on any atom is -0.448 e. The van der Waals surface area contributed by atoms with Gasteiger partial charge in [-0.05, 0) is 18.1 Å². The van der Waals surface area contributed by atoms with E-state index in [2.05, 4.69) is 6.92 Å². The molecule has 0 aliphatic carbocycles. The fourth-order valence-electron chi connectivity index (χ4n) is 2.49. The second-order valence-electron chi connectivity index (χ2n) is 5.47. The molecule has 1 saturated heterocycles. The van der Waals surface area contributed by atoms with Gasteiger partial charge >= 0.3 is 6.09 Å². The molecule has 1 fully saturated rings. The van der Waals surface area contributed by atoms with Crippen molar-refractivity contribution in [1.29, 1.82) is 0 Å². The maximum Gasteiger partial charge on any atom is 0.410 e. The van der Waals surface area contributed by atoms with Crippen molar-refractivity contribution >= 4 is 11.9 Å². The van der Waals surface area contributed by atoms with Crippen molar-refractivity contribution in [3.8, 4) is 0 Å². The van der Waals surface area contributed by atoms with Crippen LogP contribution >= 0.6 is 0 Å². The van der Waals surface area contributed by atoms with Crippen molar-refractivity contribution in [2.75, 3.05) is 13.2 Å². The highest BCUT2D eigenvalue weighted by atomic mass is 16.6. The number of carbonyl (C=O) groups is 2. The highest BCUT2D eigenvalue weighted by molar-refractivity contribution is 5.96. The molecule has 0 bridgehead atoms. The smallest absolute Gasteiger partial charge is 0.410 e. The molecule has 2 rings (SSSR count). The van der Waals surface area contributed by atoms with Crippen LogP contribution in [0.2, 0.25) is 0 Å². The minimum absolute atomic E-state index is 0.192. The fraction of sp³-hybridized carbons (Fsp3) is 0.529. The van der Waals surface area contributed by atoms with E-state index in [0.717, 1.165) is 24.0 Å². The first-order valence-corrected chi connectivity index (χ1v) is 7.74. The third-order valence-electron chi connectivity index (χ3n) is 3.72. The van der Waals surface area contributed by atoms with E-state index in [1.807, 2.05) is 24.3 Å². The van der Waals surface area contributed by atoms with E-state index in [1.54, 1.807) is 4.90 Å². The molecule has 21 heavy (non-hydrogen) atoms. The summed E-state index contributed by atoms with van der Waals surface area (Å²) in [6.45, 7) is 3.74. The lowest BCUT2D eigenvalue weighted by molar-refractivity contribution is 0.0979. The normalized spacial score (nSPS) is 14.3. The molecule has 1 heterocycles. The Hall–Kier alpha value is -1.84. The summed E-state index contributed by atoms with van der Waals surface area (Å²) >= 11 is 0. The Morgan fingerprint density at radius 2 is 2.14 bits per heavy atom. The number of ether oxygens (including phenoxy) is 1. The molecule has 0 unspecified atom stereocenters. The number of ketones is 1. The maximum absolute atomic E-state index is 12.2. The number of hydrogen-bond acceptors (Lipinski definition) is 3. The van der Waals surface area contributed by atoms with Crippen molar-refractivity contribution in [1.82, 2.24) is 4.90 Å². The third-order valence-corrected chi connectivity index (χ3v) is 3.72. The lowest BCUT2D eigenvalue weighted by Gasteiger charge is -2.13. The third kappa shape index (κ3) is 4.59. The lowest BCUT2D eigenvalue weighted by Crippen LogP contribution is -2.23. The van der Waals surface area contributed by atoms with Gasteiger partial charge in [0.25, 0.3) is 0 Å². The Morgan fingerprint density at radius 1 is 1.29 bits per heavy atom. The summed E-state index contributed by atoms with van der Waals surface area (Å²) in [7, 11) is 0. The molecular weight excluding hydrogens is 266 g/mol. The zero-order chi connectivity index (χ0) is 15.1. The molecule has 1 aromatic rings. The molecule has 0 saturated carbocycles. The number of unbranched alkanes of at least 4 members (excludes halogenated alkanes) is 3. The number of rotatable bonds is 8. The van der Waals surface area contributed by atoms with Crippen LogP contribution in [0.3, 0.4) is 0 Å². The Morgan fingerprint density at radius 3 is 2.86 bits per heavy atom. The Labute approximate surface area is 126 Å². The van der Waals surface area contributed by atoms with Gasteiger partial charge in [-0.1, -0.05) is 44.4 Å². The summed E-state index contributed by atoms with van der Waals surface area (Å²) in [4.78, 5) is 25.3. The molecule has 114 valence electrons. The van der Waals surface area contributed by atoms with Gasteiger partial charge in [0, 0.05) is 18.5 Å². The number of hydrogen-bond donors (Lipinski definition) is 0. The van der Waals surface area contributed by atoms with E-state index < -0.39 is 0 Å². The van der Waals surface area contributed by atoms with E-state index in [0.29, 0.717) is 26.1 Å². The van der Waals surface area contributed by atoms with Gasteiger partial charge in [-0.15, -0.1) is 0 Å². The summed E-state index contributed by atoms with van der Waals surface area (Å²) in [5, 5.41) is 0. The maximum atomic E-state index is 12.2. The first kappa shape index (κ1) is 15.5. The SMILES string of the molecule is CCCCCCC(=O)c1cccc(CN2CCOC2=O)c1. The van der Waals surface area contributed by atoms with E-state index in [4.69, 9.17) is 4.74 Å². The van der Waals surface area contributed by atoms with Crippen LogP contribution in [-0.2, 0) is 11.3 Å². The van der Waals surface area contributed by atoms with Gasteiger partial charge in [0.2, 0.25) is 0 Å². The standard InChI is InChI=1S/C17H23NO3/c1-2-3-4-5-9-16(19)15-8-6-7-14(12-15)13-18-10-11-21-17(18)20/h6-8,12H,2-5,9-11,13H2,1H3. The highest BCUT2D eigenvalue weighted by Gasteiger charge is 2.21. The van der Waals surface area contributed by atoms with Crippen LogP contribution in [0.15, 0.2) is 24.3 Å². The number of benzene rings is 1. The topological polar surface area (TPSA) is 46.6 Å². The monoisotopic (exact) mass is 289 g/mol. The van der Waals surface area contributed by atoms with Gasteiger partial charge in [-0.25, -0.2) is 4.79 Å². The molecule has 0 spiro atoms. The molecule has 1 aliphatic rings. The second kappa shape index (κ2) is 7.81. The predicted molar refractivity (Wildman–Crippen MR) is 81.3 cm³/mol. The van der Waals surface area contributed by atoms with Crippen LogP contribution in [0.5, 0.6) is 0 Å². The van der Waals surface area contributed by atoms with E-state index in [-0.39, 0.29) is 11.9 Å². The van der Waals surface area contributed by atoms with Gasteiger partial charge < -0.3 is 9.64 Å². The van der Waals surface area contributed by atoms with Crippen LogP contribution in [0.1, 0.15) is 54.9 Å². The van der Waals surface area contributed by atoms with E-state index in [1.165, 1.54) is 12.8 Å². The first-order chi connectivity index (χ1) is 10.2. The molecule has 4 nitrogen and oxygen atoms in total. The highest BCUT2D eigenvalue weighted by Crippen LogP contribution is 2.14. The molecule has 0 aromatic heterocycles. The summed E-state index contributed by atoms with van der Waals surface area (Å²) in [5.41, 5.74) is 1.73. The number of carbonyl (C=O) groups excluding carboxylic acids is 2. The Bertz CT molecular complexity index is 499. The Balaban J connectivity index is 1.90. The van der Waals surface area contributed by atoms with Gasteiger partial charge in [0.05, 0.1) is 6.54 Å². The van der Waals surface area contributed by atoms with Gasteiger partial charge in [0.15, 0.2) is 5.78 Å². The van der Waals surface area contributed by atoms with Crippen molar-refractivity contribution in [3.63, 3.8) is 0 Å². The van der Waals surface area contributed by atoms with Crippen LogP contribution < -0.4 is 0 Å². The van der Waals surface area contributed by atoms with Gasteiger partial charge in [0.1, 0.15) is 6.61 Å². The van der Waals surface area contributed by atoms with E-state index in [9.17, 15) is 9.59 Å². The zero-order valence-corrected chi connectivity index (χ0v) is 12.6. The van der Waals surface area contributed by atoms with Crippen LogP contribution in [-0.4, -0.2) is 29.9 Å². The van der Waals surface area contributed by atoms with Gasteiger partial charge in [-0.2, -0.15) is 0 Å². The summed E-state index contributed by atoms with van der Waals surface area (Å²) in [6, 6.07) is 7.58. The van der Waals surface area contributed by atoms with Crippen LogP contribution in [0.25, 0.3) is 0 Å². The van der Waals surface area contributed by atoms with Crippen molar-refractivity contribution in [2.24, 2.45) is 0 Å². The molecule has 1 aliphatic heterocycles. The number of cyclic esters (lactones) is 1. The molecule has 4 heteroatoms. The molecule has 1 aromatic carbocycles. The first-order valence-electron chi connectivity index (χ1n) is 7.74. The van der Waals surface area contributed by atoms with E-state index >= 15 is 0 Å². The van der Waals surface area contributed by atoms with Gasteiger partial charge in [-0.3, -0.25) is 4.79 Å². The molecule has 1 amide bonds. The number of amides is 1. The average molecular weight is 289 g/mol. The molecule has 0 atom stereocenters. The number of Topliss-reactive ketones (excluding diaryl/α,β-unsaturated/α-hetero) is 1. The predicted octanol–water partition coefficient (Wildman–Crippen LogP) is 3.79. The summed E-state index contributed by atoms with van der Waals surface area (Å²) < 4.78 is 4.91. The molecule has 0 radical (unpaired) electrons. The summed E-state index contributed by atoms with van der Waals surface area (Å²) in [6.07, 6.45) is 4.76. The number of nitrogens with zero attached hydrogens (tertiary/aromatic N) is 1. The van der Waals surface area contributed by atoms with Crippen LogP contribution in [0, 0.1) is 0 Å². The lowest BCUT2D eigenvalue weighted by atomic mass is 10.0. The largest absolute Gasteiger partial charge is 0.448 e. The zero-order valence-electron chi connectivity index (χ0n) is 12.6. The second-order valence-corrected chi connectivity index (χ2v) is 5.47. The Kier molecular flexibility index (Phi) is 5.78.